The molecule has 1 saturated carbocycles. The van der Waals surface area contributed by atoms with Crippen LogP contribution in [0.25, 0.3) is 0 Å². The smallest absolute Gasteiger partial charge is 0.164 e. The second-order valence-electron chi connectivity index (χ2n) is 4.30. The Balaban J connectivity index is 2.42. The quantitative estimate of drug-likeness (QED) is 0.869. The minimum Gasteiger partial charge on any atom is -0.496 e. The first-order chi connectivity index (χ1) is 8.21. The highest BCUT2D eigenvalue weighted by Gasteiger charge is 2.32. The van der Waals surface area contributed by atoms with E-state index in [1.165, 1.54) is 0 Å². The minimum atomic E-state index is 0.224. The van der Waals surface area contributed by atoms with Gasteiger partial charge in [-0.1, -0.05) is 0 Å². The Labute approximate surface area is 102 Å². The minimum absolute atomic E-state index is 0.224. The molecule has 1 fully saturated rings. The molecule has 94 valence electrons. The summed E-state index contributed by atoms with van der Waals surface area (Å²) in [5.41, 5.74) is 7.13. The van der Waals surface area contributed by atoms with Crippen molar-refractivity contribution in [3.8, 4) is 17.2 Å². The molecule has 2 rings (SSSR count). The SMILES string of the molecule is COc1cc(OC)c(C2CC[C@H]2N)cc1OC. The van der Waals surface area contributed by atoms with E-state index in [-0.39, 0.29) is 6.04 Å². The van der Waals surface area contributed by atoms with Gasteiger partial charge in [-0.05, 0) is 18.9 Å². The molecule has 0 spiro atoms. The van der Waals surface area contributed by atoms with Crippen molar-refractivity contribution in [1.29, 1.82) is 0 Å². The van der Waals surface area contributed by atoms with Crippen LogP contribution in [0.4, 0.5) is 0 Å². The summed E-state index contributed by atoms with van der Waals surface area (Å²) in [5, 5.41) is 0. The molecule has 1 aromatic carbocycles. The van der Waals surface area contributed by atoms with Crippen LogP contribution in [0, 0.1) is 0 Å². The normalized spacial score (nSPS) is 22.8. The first kappa shape index (κ1) is 12.0. The molecule has 0 aliphatic heterocycles. The summed E-state index contributed by atoms with van der Waals surface area (Å²) >= 11 is 0. The highest BCUT2D eigenvalue weighted by Crippen LogP contribution is 2.44. The van der Waals surface area contributed by atoms with Crippen molar-refractivity contribution in [3.05, 3.63) is 17.7 Å². The number of nitrogens with two attached hydrogens (primary N) is 1. The van der Waals surface area contributed by atoms with E-state index < -0.39 is 0 Å². The molecule has 1 aliphatic carbocycles. The van der Waals surface area contributed by atoms with Crippen molar-refractivity contribution in [2.75, 3.05) is 21.3 Å². The Bertz CT molecular complexity index is 406. The van der Waals surface area contributed by atoms with Crippen LogP contribution >= 0.6 is 0 Å². The predicted molar refractivity (Wildman–Crippen MR) is 66.0 cm³/mol. The lowest BCUT2D eigenvalue weighted by molar-refractivity contribution is 0.318. The Morgan fingerprint density at radius 2 is 1.53 bits per heavy atom. The fourth-order valence-corrected chi connectivity index (χ4v) is 2.25. The number of rotatable bonds is 4. The summed E-state index contributed by atoms with van der Waals surface area (Å²) in [7, 11) is 4.91. The largest absolute Gasteiger partial charge is 0.496 e. The zero-order valence-corrected chi connectivity index (χ0v) is 10.5. The maximum Gasteiger partial charge on any atom is 0.164 e. The van der Waals surface area contributed by atoms with E-state index in [1.807, 2.05) is 12.1 Å². The molecule has 1 aromatic rings. The highest BCUT2D eigenvalue weighted by molar-refractivity contribution is 5.52. The number of hydrogen-bond donors (Lipinski definition) is 1. The standard InChI is InChI=1S/C13H19NO3/c1-15-11-7-13(17-3)12(16-2)6-9(11)8-4-5-10(8)14/h6-8,10H,4-5,14H2,1-3H3/t8?,10-/m1/s1. The van der Waals surface area contributed by atoms with E-state index >= 15 is 0 Å². The van der Waals surface area contributed by atoms with Crippen molar-refractivity contribution < 1.29 is 14.2 Å². The van der Waals surface area contributed by atoms with Crippen molar-refractivity contribution in [1.82, 2.24) is 0 Å². The monoisotopic (exact) mass is 237 g/mol. The summed E-state index contributed by atoms with van der Waals surface area (Å²) in [6.45, 7) is 0. The molecule has 2 N–H and O–H groups in total. The molecule has 0 amide bonds. The molecule has 4 nitrogen and oxygen atoms in total. The van der Waals surface area contributed by atoms with Gasteiger partial charge in [-0.2, -0.15) is 0 Å². The first-order valence-electron chi connectivity index (χ1n) is 5.76. The Morgan fingerprint density at radius 1 is 0.941 bits per heavy atom. The van der Waals surface area contributed by atoms with Gasteiger partial charge in [0.05, 0.1) is 21.3 Å². The van der Waals surface area contributed by atoms with Gasteiger partial charge in [-0.15, -0.1) is 0 Å². The van der Waals surface area contributed by atoms with E-state index in [0.717, 1.165) is 29.9 Å². The van der Waals surface area contributed by atoms with Gasteiger partial charge < -0.3 is 19.9 Å². The maximum absolute atomic E-state index is 6.01. The number of benzene rings is 1. The lowest BCUT2D eigenvalue weighted by Crippen LogP contribution is -2.37. The molecule has 0 aromatic heterocycles. The Morgan fingerprint density at radius 3 is 1.94 bits per heavy atom. The molecular weight excluding hydrogens is 218 g/mol. The second-order valence-corrected chi connectivity index (χ2v) is 4.30. The fourth-order valence-electron chi connectivity index (χ4n) is 2.25. The zero-order chi connectivity index (χ0) is 12.4. The van der Waals surface area contributed by atoms with Crippen LogP contribution in [0.1, 0.15) is 24.3 Å². The van der Waals surface area contributed by atoms with Crippen LogP contribution < -0.4 is 19.9 Å². The topological polar surface area (TPSA) is 53.7 Å². The van der Waals surface area contributed by atoms with Crippen LogP contribution in [0.3, 0.4) is 0 Å². The van der Waals surface area contributed by atoms with Gasteiger partial charge in [0, 0.05) is 23.6 Å². The van der Waals surface area contributed by atoms with E-state index in [9.17, 15) is 0 Å². The lowest BCUT2D eigenvalue weighted by atomic mass is 9.75. The van der Waals surface area contributed by atoms with Crippen LogP contribution in [-0.2, 0) is 0 Å². The van der Waals surface area contributed by atoms with Crippen LogP contribution in [0.15, 0.2) is 12.1 Å². The average Bonchev–Trinajstić information content (AvgIpc) is 2.36. The number of methoxy groups -OCH3 is 3. The molecule has 0 radical (unpaired) electrons. The van der Waals surface area contributed by atoms with E-state index in [4.69, 9.17) is 19.9 Å². The van der Waals surface area contributed by atoms with E-state index in [2.05, 4.69) is 0 Å². The van der Waals surface area contributed by atoms with Crippen molar-refractivity contribution in [2.24, 2.45) is 5.73 Å². The van der Waals surface area contributed by atoms with Gasteiger partial charge in [0.25, 0.3) is 0 Å². The third-order valence-electron chi connectivity index (χ3n) is 3.46. The van der Waals surface area contributed by atoms with Crippen LogP contribution in [-0.4, -0.2) is 27.4 Å². The summed E-state index contributed by atoms with van der Waals surface area (Å²) in [6, 6.07) is 4.06. The summed E-state index contributed by atoms with van der Waals surface area (Å²) < 4.78 is 16.0. The predicted octanol–water partition coefficient (Wildman–Crippen LogP) is 1.92. The molecule has 17 heavy (non-hydrogen) atoms. The lowest BCUT2D eigenvalue weighted by Gasteiger charge is -2.35. The van der Waals surface area contributed by atoms with Crippen molar-refractivity contribution >= 4 is 0 Å². The number of ether oxygens (including phenoxy) is 3. The molecule has 1 aliphatic rings. The average molecular weight is 237 g/mol. The van der Waals surface area contributed by atoms with Gasteiger partial charge in [-0.25, -0.2) is 0 Å². The maximum atomic E-state index is 6.01. The number of hydrogen-bond acceptors (Lipinski definition) is 4. The van der Waals surface area contributed by atoms with Gasteiger partial charge in [0.1, 0.15) is 5.75 Å². The van der Waals surface area contributed by atoms with Crippen LogP contribution in [0.5, 0.6) is 17.2 Å². The summed E-state index contributed by atoms with van der Waals surface area (Å²) in [5.74, 6) is 2.59. The fraction of sp³-hybridized carbons (Fsp3) is 0.538. The van der Waals surface area contributed by atoms with Crippen molar-refractivity contribution in [2.45, 2.75) is 24.8 Å². The van der Waals surface area contributed by atoms with Crippen LogP contribution in [0.2, 0.25) is 0 Å². The first-order valence-corrected chi connectivity index (χ1v) is 5.76. The van der Waals surface area contributed by atoms with E-state index in [1.54, 1.807) is 21.3 Å². The zero-order valence-electron chi connectivity index (χ0n) is 10.5. The van der Waals surface area contributed by atoms with Gasteiger partial charge in [-0.3, -0.25) is 0 Å². The molecular formula is C13H19NO3. The molecule has 2 atom stereocenters. The molecule has 1 unspecified atom stereocenters. The summed E-state index contributed by atoms with van der Waals surface area (Å²) in [6.07, 6.45) is 2.18. The van der Waals surface area contributed by atoms with E-state index in [0.29, 0.717) is 11.7 Å². The van der Waals surface area contributed by atoms with Gasteiger partial charge in [0.15, 0.2) is 11.5 Å². The third-order valence-corrected chi connectivity index (χ3v) is 3.46. The molecule has 0 saturated heterocycles. The Hall–Kier alpha value is -1.42. The highest BCUT2D eigenvalue weighted by atomic mass is 16.5. The molecule has 4 heteroatoms. The molecule has 0 heterocycles. The Kier molecular flexibility index (Phi) is 3.43. The second kappa shape index (κ2) is 4.84. The van der Waals surface area contributed by atoms with Crippen molar-refractivity contribution in [3.63, 3.8) is 0 Å². The van der Waals surface area contributed by atoms with Gasteiger partial charge >= 0.3 is 0 Å². The molecule has 0 bridgehead atoms. The third kappa shape index (κ3) is 2.05. The van der Waals surface area contributed by atoms with Gasteiger partial charge in [0.2, 0.25) is 0 Å². The summed E-state index contributed by atoms with van der Waals surface area (Å²) in [4.78, 5) is 0.